The molecule has 2 N–H and O–H groups in total. The van der Waals surface area contributed by atoms with E-state index in [1.54, 1.807) is 0 Å². The molecule has 2 atom stereocenters. The minimum Gasteiger partial charge on any atom is -0.386 e. The Hall–Kier alpha value is -1.78. The normalized spacial score (nSPS) is 19.2. The molecular weight excluding hydrogens is 248 g/mol. The Bertz CT molecular complexity index is 615. The lowest BCUT2D eigenvalue weighted by Gasteiger charge is -2.20. The third kappa shape index (κ3) is 2.13. The van der Waals surface area contributed by atoms with Crippen LogP contribution in [0.25, 0.3) is 0 Å². The first-order chi connectivity index (χ1) is 9.16. The van der Waals surface area contributed by atoms with Gasteiger partial charge >= 0.3 is 0 Å². The zero-order chi connectivity index (χ0) is 13.4. The van der Waals surface area contributed by atoms with Crippen molar-refractivity contribution in [3.8, 4) is 0 Å². The van der Waals surface area contributed by atoms with E-state index in [1.807, 2.05) is 24.3 Å². The molecule has 2 aromatic carbocycles. The van der Waals surface area contributed by atoms with Crippen LogP contribution < -0.4 is 5.32 Å². The van der Waals surface area contributed by atoms with E-state index < -0.39 is 17.7 Å². The molecule has 98 valence electrons. The number of nitrogens with one attached hydrogen (secondary N) is 1. The highest BCUT2D eigenvalue weighted by Gasteiger charge is 2.30. The highest BCUT2D eigenvalue weighted by molar-refractivity contribution is 5.36. The van der Waals surface area contributed by atoms with Crippen molar-refractivity contribution < 1.29 is 13.9 Å². The van der Waals surface area contributed by atoms with Crippen molar-refractivity contribution in [2.24, 2.45) is 0 Å². The Balaban J connectivity index is 1.95. The second kappa shape index (κ2) is 4.72. The van der Waals surface area contributed by atoms with Gasteiger partial charge < -0.3 is 10.4 Å². The van der Waals surface area contributed by atoms with E-state index in [0.29, 0.717) is 6.54 Å². The van der Waals surface area contributed by atoms with E-state index in [0.717, 1.165) is 23.3 Å². The first-order valence-electron chi connectivity index (χ1n) is 6.11. The maximum absolute atomic E-state index is 13.7. The van der Waals surface area contributed by atoms with Crippen molar-refractivity contribution in [3.05, 3.63) is 70.8 Å². The van der Waals surface area contributed by atoms with Gasteiger partial charge in [-0.1, -0.05) is 30.3 Å². The number of benzene rings is 2. The predicted molar refractivity (Wildman–Crippen MR) is 67.3 cm³/mol. The molecule has 0 fully saturated rings. The summed E-state index contributed by atoms with van der Waals surface area (Å²) < 4.78 is 26.6. The second-order valence-electron chi connectivity index (χ2n) is 4.67. The maximum atomic E-state index is 13.7. The van der Waals surface area contributed by atoms with E-state index in [4.69, 9.17) is 0 Å². The van der Waals surface area contributed by atoms with Gasteiger partial charge in [-0.3, -0.25) is 0 Å². The van der Waals surface area contributed by atoms with Crippen LogP contribution in [-0.4, -0.2) is 5.11 Å². The molecule has 2 nitrogen and oxygen atoms in total. The van der Waals surface area contributed by atoms with Crippen LogP contribution in [0.5, 0.6) is 0 Å². The van der Waals surface area contributed by atoms with Crippen molar-refractivity contribution in [2.75, 3.05) is 0 Å². The molecule has 0 saturated carbocycles. The molecule has 0 radical (unpaired) electrons. The molecule has 0 saturated heterocycles. The van der Waals surface area contributed by atoms with E-state index in [-0.39, 0.29) is 11.6 Å². The summed E-state index contributed by atoms with van der Waals surface area (Å²) in [5, 5.41) is 13.5. The zero-order valence-electron chi connectivity index (χ0n) is 10.1. The Labute approximate surface area is 109 Å². The lowest BCUT2D eigenvalue weighted by molar-refractivity contribution is 0.129. The average Bonchev–Trinajstić information content (AvgIpc) is 2.82. The van der Waals surface area contributed by atoms with Gasteiger partial charge in [0.2, 0.25) is 0 Å². The number of fused-ring (bicyclic) bond motifs is 1. The third-order valence-corrected chi connectivity index (χ3v) is 3.50. The highest BCUT2D eigenvalue weighted by atomic mass is 19.1. The fraction of sp³-hybridized carbons (Fsp3) is 0.200. The fourth-order valence-electron chi connectivity index (χ4n) is 2.53. The van der Waals surface area contributed by atoms with Gasteiger partial charge in [-0.15, -0.1) is 0 Å². The van der Waals surface area contributed by atoms with E-state index in [1.165, 1.54) is 6.07 Å². The first-order valence-corrected chi connectivity index (χ1v) is 6.11. The number of hydrogen-bond acceptors (Lipinski definition) is 2. The minimum atomic E-state index is -1.04. The molecule has 1 aliphatic rings. The summed E-state index contributed by atoms with van der Waals surface area (Å²) in [5.74, 6) is -1.37. The van der Waals surface area contributed by atoms with Gasteiger partial charge in [0, 0.05) is 18.2 Å². The van der Waals surface area contributed by atoms with Gasteiger partial charge in [0.25, 0.3) is 0 Å². The second-order valence-corrected chi connectivity index (χ2v) is 4.67. The third-order valence-electron chi connectivity index (χ3n) is 3.50. The molecule has 0 aliphatic carbocycles. The van der Waals surface area contributed by atoms with Gasteiger partial charge in [-0.2, -0.15) is 0 Å². The van der Waals surface area contributed by atoms with Crippen molar-refractivity contribution in [1.29, 1.82) is 0 Å². The zero-order valence-corrected chi connectivity index (χ0v) is 10.1. The molecule has 2 unspecified atom stereocenters. The van der Waals surface area contributed by atoms with Gasteiger partial charge in [0.1, 0.15) is 17.7 Å². The molecule has 2 aromatic rings. The molecule has 0 amide bonds. The number of aliphatic hydroxyl groups excluding tert-OH is 1. The molecule has 19 heavy (non-hydrogen) atoms. The summed E-state index contributed by atoms with van der Waals surface area (Å²) in [4.78, 5) is 0. The van der Waals surface area contributed by atoms with Crippen LogP contribution in [-0.2, 0) is 6.54 Å². The Morgan fingerprint density at radius 2 is 1.95 bits per heavy atom. The topological polar surface area (TPSA) is 32.3 Å². The Kier molecular flexibility index (Phi) is 3.05. The van der Waals surface area contributed by atoms with E-state index >= 15 is 0 Å². The fourth-order valence-corrected chi connectivity index (χ4v) is 2.53. The van der Waals surface area contributed by atoms with Gasteiger partial charge in [-0.25, -0.2) is 8.78 Å². The van der Waals surface area contributed by atoms with Gasteiger partial charge in [0.05, 0.1) is 6.04 Å². The molecule has 0 aromatic heterocycles. The monoisotopic (exact) mass is 261 g/mol. The van der Waals surface area contributed by atoms with Gasteiger partial charge in [0.15, 0.2) is 0 Å². The maximum Gasteiger partial charge on any atom is 0.131 e. The smallest absolute Gasteiger partial charge is 0.131 e. The molecule has 0 bridgehead atoms. The Morgan fingerprint density at radius 1 is 1.16 bits per heavy atom. The lowest BCUT2D eigenvalue weighted by atomic mass is 9.95. The largest absolute Gasteiger partial charge is 0.386 e. The number of hydrogen-bond donors (Lipinski definition) is 2. The van der Waals surface area contributed by atoms with Crippen LogP contribution in [0.4, 0.5) is 8.78 Å². The minimum absolute atomic E-state index is 0.107. The Morgan fingerprint density at radius 3 is 2.74 bits per heavy atom. The molecule has 1 heterocycles. The summed E-state index contributed by atoms with van der Waals surface area (Å²) in [6, 6.07) is 10.6. The van der Waals surface area contributed by atoms with Crippen LogP contribution in [0.2, 0.25) is 0 Å². The van der Waals surface area contributed by atoms with E-state index in [9.17, 15) is 13.9 Å². The van der Waals surface area contributed by atoms with Gasteiger partial charge in [-0.05, 0) is 17.2 Å². The van der Waals surface area contributed by atoms with Crippen LogP contribution in [0.3, 0.4) is 0 Å². The summed E-state index contributed by atoms with van der Waals surface area (Å²) in [6.07, 6.45) is -1.04. The average molecular weight is 261 g/mol. The standard InChI is InChI=1S/C15H13F2NO/c16-10-5-6-12(13(17)7-10)15(19)14-11-4-2-1-3-9(11)8-18-14/h1-7,14-15,18-19H,8H2. The summed E-state index contributed by atoms with van der Waals surface area (Å²) >= 11 is 0. The number of aliphatic hydroxyl groups is 1. The van der Waals surface area contributed by atoms with Crippen molar-refractivity contribution in [1.82, 2.24) is 5.32 Å². The SMILES string of the molecule is OC(c1ccc(F)cc1F)C1NCc2ccccc21. The quantitative estimate of drug-likeness (QED) is 0.871. The molecule has 4 heteroatoms. The van der Waals surface area contributed by atoms with Crippen LogP contribution in [0, 0.1) is 11.6 Å². The van der Waals surface area contributed by atoms with Crippen molar-refractivity contribution >= 4 is 0 Å². The molecular formula is C15H13F2NO. The highest BCUT2D eigenvalue weighted by Crippen LogP contribution is 2.35. The number of rotatable bonds is 2. The summed E-state index contributed by atoms with van der Waals surface area (Å²) in [6.45, 7) is 0.640. The van der Waals surface area contributed by atoms with Crippen LogP contribution in [0.1, 0.15) is 28.8 Å². The molecule has 3 rings (SSSR count). The molecule has 1 aliphatic heterocycles. The van der Waals surface area contributed by atoms with E-state index in [2.05, 4.69) is 5.32 Å². The predicted octanol–water partition coefficient (Wildman–Crippen LogP) is 2.84. The van der Waals surface area contributed by atoms with Crippen LogP contribution >= 0.6 is 0 Å². The first kappa shape index (κ1) is 12.3. The number of halogens is 2. The van der Waals surface area contributed by atoms with Crippen molar-refractivity contribution in [3.63, 3.8) is 0 Å². The van der Waals surface area contributed by atoms with Crippen LogP contribution in [0.15, 0.2) is 42.5 Å². The lowest BCUT2D eigenvalue weighted by Crippen LogP contribution is -2.21. The summed E-state index contributed by atoms with van der Waals surface area (Å²) in [7, 11) is 0. The molecule has 0 spiro atoms. The van der Waals surface area contributed by atoms with Crippen molar-refractivity contribution in [2.45, 2.75) is 18.7 Å². The summed E-state index contributed by atoms with van der Waals surface area (Å²) in [5.41, 5.74) is 2.16.